The molecule has 0 aromatic carbocycles. The molecule has 0 radical (unpaired) electrons. The smallest absolute Gasteiger partial charge is 0.320 e. The van der Waals surface area contributed by atoms with Crippen LogP contribution in [0.5, 0.6) is 0 Å². The fourth-order valence-electron chi connectivity index (χ4n) is 2.65. The number of hydrogen-bond acceptors (Lipinski definition) is 6. The molecule has 1 aliphatic heterocycles. The van der Waals surface area contributed by atoms with Crippen LogP contribution in [0, 0.1) is 13.8 Å². The molecule has 0 bridgehead atoms. The highest BCUT2D eigenvalue weighted by molar-refractivity contribution is 5.88. The lowest BCUT2D eigenvalue weighted by Crippen LogP contribution is -2.42. The molecule has 0 saturated carbocycles. The Bertz CT molecular complexity index is 758. The quantitative estimate of drug-likeness (QED) is 0.808. The standard InChI is InChI=1S/C16H22N6O4/c1-11-13(12(2)26-20-11)9-17-16(24)18-14-3-4-22(19-14)10-15(23)21-5-7-25-8-6-21/h3-4H,5-10H2,1-2H3,(H2,17,18,19,24). The summed E-state index contributed by atoms with van der Waals surface area (Å²) in [5, 5.41) is 13.4. The van der Waals surface area contributed by atoms with Crippen LogP contribution in [0.25, 0.3) is 0 Å². The minimum absolute atomic E-state index is 0.0224. The van der Waals surface area contributed by atoms with Gasteiger partial charge in [0.1, 0.15) is 12.3 Å². The Morgan fingerprint density at radius 2 is 2.04 bits per heavy atom. The molecule has 0 aliphatic carbocycles. The SMILES string of the molecule is Cc1noc(C)c1CNC(=O)Nc1ccn(CC(=O)N2CCOCC2)n1. The van der Waals surface area contributed by atoms with E-state index in [1.54, 1.807) is 24.1 Å². The summed E-state index contributed by atoms with van der Waals surface area (Å²) in [5.74, 6) is 1.02. The predicted molar refractivity (Wildman–Crippen MR) is 91.5 cm³/mol. The third-order valence-corrected chi connectivity index (χ3v) is 4.15. The molecular formula is C16H22N6O4. The van der Waals surface area contributed by atoms with Gasteiger partial charge >= 0.3 is 6.03 Å². The first-order valence-electron chi connectivity index (χ1n) is 8.38. The molecule has 2 aromatic rings. The summed E-state index contributed by atoms with van der Waals surface area (Å²) in [6.07, 6.45) is 1.66. The van der Waals surface area contributed by atoms with Crippen LogP contribution in [0.2, 0.25) is 0 Å². The zero-order chi connectivity index (χ0) is 18.5. The lowest BCUT2D eigenvalue weighted by molar-refractivity contribution is -0.136. The highest BCUT2D eigenvalue weighted by atomic mass is 16.5. The van der Waals surface area contributed by atoms with Gasteiger partial charge in [-0.25, -0.2) is 4.79 Å². The molecular weight excluding hydrogens is 340 g/mol. The van der Waals surface area contributed by atoms with Gasteiger partial charge in [0.25, 0.3) is 0 Å². The largest absolute Gasteiger partial charge is 0.378 e. The molecule has 2 aromatic heterocycles. The zero-order valence-corrected chi connectivity index (χ0v) is 14.8. The van der Waals surface area contributed by atoms with E-state index in [1.165, 1.54) is 4.68 Å². The first kappa shape index (κ1) is 17.9. The number of carbonyl (C=O) groups is 2. The van der Waals surface area contributed by atoms with E-state index in [1.807, 2.05) is 6.92 Å². The summed E-state index contributed by atoms with van der Waals surface area (Å²) in [6, 6.07) is 1.25. The number of hydrogen-bond donors (Lipinski definition) is 2. The number of amides is 3. The Morgan fingerprint density at radius 3 is 2.73 bits per heavy atom. The normalized spacial score (nSPS) is 14.3. The molecule has 1 fully saturated rings. The number of aryl methyl sites for hydroxylation is 2. The van der Waals surface area contributed by atoms with E-state index in [9.17, 15) is 9.59 Å². The van der Waals surface area contributed by atoms with Gasteiger partial charge in [-0.2, -0.15) is 5.10 Å². The summed E-state index contributed by atoms with van der Waals surface area (Å²) < 4.78 is 11.8. The fraction of sp³-hybridized carbons (Fsp3) is 0.500. The highest BCUT2D eigenvalue weighted by Gasteiger charge is 2.17. The first-order chi connectivity index (χ1) is 12.5. The second-order valence-corrected chi connectivity index (χ2v) is 6.00. The van der Waals surface area contributed by atoms with Gasteiger partial charge in [-0.05, 0) is 13.8 Å². The van der Waals surface area contributed by atoms with E-state index in [2.05, 4.69) is 20.9 Å². The maximum atomic E-state index is 12.2. The number of carbonyl (C=O) groups excluding carboxylic acids is 2. The topological polar surface area (TPSA) is 115 Å². The maximum absolute atomic E-state index is 12.2. The minimum Gasteiger partial charge on any atom is -0.378 e. The lowest BCUT2D eigenvalue weighted by atomic mass is 10.2. The lowest BCUT2D eigenvalue weighted by Gasteiger charge is -2.26. The van der Waals surface area contributed by atoms with Crippen molar-refractivity contribution in [1.29, 1.82) is 0 Å². The summed E-state index contributed by atoms with van der Waals surface area (Å²) in [6.45, 7) is 6.35. The van der Waals surface area contributed by atoms with Crippen LogP contribution in [-0.2, 0) is 22.6 Å². The van der Waals surface area contributed by atoms with Gasteiger partial charge in [0.2, 0.25) is 5.91 Å². The van der Waals surface area contributed by atoms with E-state index in [0.717, 1.165) is 11.3 Å². The van der Waals surface area contributed by atoms with E-state index in [0.29, 0.717) is 44.4 Å². The van der Waals surface area contributed by atoms with Crippen molar-refractivity contribution in [1.82, 2.24) is 25.2 Å². The molecule has 3 rings (SSSR count). The zero-order valence-electron chi connectivity index (χ0n) is 14.8. The molecule has 0 atom stereocenters. The van der Waals surface area contributed by atoms with Gasteiger partial charge in [0, 0.05) is 37.5 Å². The molecule has 26 heavy (non-hydrogen) atoms. The molecule has 1 saturated heterocycles. The summed E-state index contributed by atoms with van der Waals surface area (Å²) in [5.41, 5.74) is 1.59. The number of rotatable bonds is 5. The summed E-state index contributed by atoms with van der Waals surface area (Å²) in [4.78, 5) is 25.9. The number of nitrogens with zero attached hydrogens (tertiary/aromatic N) is 4. The van der Waals surface area contributed by atoms with Crippen molar-refractivity contribution >= 4 is 17.8 Å². The van der Waals surface area contributed by atoms with Crippen LogP contribution in [-0.4, -0.2) is 58.1 Å². The summed E-state index contributed by atoms with van der Waals surface area (Å²) in [7, 11) is 0. The minimum atomic E-state index is -0.394. The van der Waals surface area contributed by atoms with Crippen molar-refractivity contribution < 1.29 is 18.8 Å². The van der Waals surface area contributed by atoms with Crippen molar-refractivity contribution in [2.75, 3.05) is 31.6 Å². The van der Waals surface area contributed by atoms with Crippen LogP contribution >= 0.6 is 0 Å². The Balaban J connectivity index is 1.48. The van der Waals surface area contributed by atoms with Crippen LogP contribution in [0.15, 0.2) is 16.8 Å². The van der Waals surface area contributed by atoms with Crippen LogP contribution in [0.1, 0.15) is 17.0 Å². The Morgan fingerprint density at radius 1 is 1.27 bits per heavy atom. The van der Waals surface area contributed by atoms with E-state index >= 15 is 0 Å². The van der Waals surface area contributed by atoms with Gasteiger partial charge < -0.3 is 19.5 Å². The molecule has 10 nitrogen and oxygen atoms in total. The van der Waals surface area contributed by atoms with Gasteiger partial charge in [-0.3, -0.25) is 14.8 Å². The molecule has 2 N–H and O–H groups in total. The molecule has 0 spiro atoms. The van der Waals surface area contributed by atoms with Crippen molar-refractivity contribution in [3.8, 4) is 0 Å². The second-order valence-electron chi connectivity index (χ2n) is 6.00. The molecule has 3 heterocycles. The number of ether oxygens (including phenoxy) is 1. The van der Waals surface area contributed by atoms with E-state index < -0.39 is 6.03 Å². The molecule has 0 unspecified atom stereocenters. The number of aromatic nitrogens is 3. The second kappa shape index (κ2) is 8.00. The fourth-order valence-corrected chi connectivity index (χ4v) is 2.65. The number of urea groups is 1. The van der Waals surface area contributed by atoms with Gasteiger partial charge in [-0.1, -0.05) is 5.16 Å². The summed E-state index contributed by atoms with van der Waals surface area (Å²) >= 11 is 0. The average molecular weight is 362 g/mol. The highest BCUT2D eigenvalue weighted by Crippen LogP contribution is 2.11. The molecule has 140 valence electrons. The molecule has 1 aliphatic rings. The monoisotopic (exact) mass is 362 g/mol. The first-order valence-corrected chi connectivity index (χ1v) is 8.38. The third kappa shape index (κ3) is 4.39. The molecule has 10 heteroatoms. The van der Waals surface area contributed by atoms with Crippen molar-refractivity contribution in [2.24, 2.45) is 0 Å². The van der Waals surface area contributed by atoms with Gasteiger partial charge in [-0.15, -0.1) is 0 Å². The number of anilines is 1. The van der Waals surface area contributed by atoms with E-state index in [-0.39, 0.29) is 12.5 Å². The third-order valence-electron chi connectivity index (χ3n) is 4.15. The number of nitrogens with one attached hydrogen (secondary N) is 2. The Hall–Kier alpha value is -2.88. The van der Waals surface area contributed by atoms with Crippen molar-refractivity contribution in [3.63, 3.8) is 0 Å². The molecule has 3 amide bonds. The Kier molecular flexibility index (Phi) is 5.52. The predicted octanol–water partition coefficient (Wildman–Crippen LogP) is 0.668. The average Bonchev–Trinajstić information content (AvgIpc) is 3.20. The van der Waals surface area contributed by atoms with E-state index in [4.69, 9.17) is 9.26 Å². The van der Waals surface area contributed by atoms with Crippen molar-refractivity contribution in [2.45, 2.75) is 26.9 Å². The maximum Gasteiger partial charge on any atom is 0.320 e. The number of morpholine rings is 1. The van der Waals surface area contributed by atoms with Gasteiger partial charge in [0.05, 0.1) is 18.9 Å². The van der Waals surface area contributed by atoms with Gasteiger partial charge in [0.15, 0.2) is 5.82 Å². The van der Waals surface area contributed by atoms with Crippen LogP contribution in [0.4, 0.5) is 10.6 Å². The van der Waals surface area contributed by atoms with Crippen molar-refractivity contribution in [3.05, 3.63) is 29.3 Å². The van der Waals surface area contributed by atoms with Crippen LogP contribution < -0.4 is 10.6 Å². The Labute approximate surface area is 150 Å². The van der Waals surface area contributed by atoms with Crippen LogP contribution in [0.3, 0.4) is 0 Å².